The molecule has 1 aromatic carbocycles. The second-order valence-electron chi connectivity index (χ2n) is 6.94. The molecule has 0 radical (unpaired) electrons. The van der Waals surface area contributed by atoms with E-state index in [2.05, 4.69) is 49.5 Å². The van der Waals surface area contributed by atoms with Crippen LogP contribution >= 0.6 is 11.6 Å². The Bertz CT molecular complexity index is 743. The third-order valence-corrected chi connectivity index (χ3v) is 5.11. The lowest BCUT2D eigenvalue weighted by Crippen LogP contribution is -2.47. The zero-order valence-electron chi connectivity index (χ0n) is 17.0. The lowest BCUT2D eigenvalue weighted by Gasteiger charge is -2.34. The predicted molar refractivity (Wildman–Crippen MR) is 120 cm³/mol. The third kappa shape index (κ3) is 7.18. The molecule has 1 saturated heterocycles. The van der Waals surface area contributed by atoms with Crippen molar-refractivity contribution in [2.24, 2.45) is 4.99 Å². The summed E-state index contributed by atoms with van der Waals surface area (Å²) in [5, 5.41) is 7.50. The number of benzene rings is 1. The number of guanidine groups is 1. The van der Waals surface area contributed by atoms with E-state index in [1.807, 2.05) is 18.2 Å². The summed E-state index contributed by atoms with van der Waals surface area (Å²) in [6, 6.07) is 9.84. The predicted octanol–water partition coefficient (Wildman–Crippen LogP) is 2.05. The highest BCUT2D eigenvalue weighted by Crippen LogP contribution is 2.10. The Kier molecular flexibility index (Phi) is 8.52. The highest BCUT2D eigenvalue weighted by molar-refractivity contribution is 6.30. The molecule has 1 aliphatic heterocycles. The van der Waals surface area contributed by atoms with Crippen molar-refractivity contribution in [1.29, 1.82) is 0 Å². The Morgan fingerprint density at radius 1 is 1.07 bits per heavy atom. The Balaban J connectivity index is 1.38. The number of hydrogen-bond acceptors (Lipinski definition) is 5. The second kappa shape index (κ2) is 11.6. The van der Waals surface area contributed by atoms with Gasteiger partial charge in [-0.15, -0.1) is 0 Å². The van der Waals surface area contributed by atoms with E-state index in [4.69, 9.17) is 16.6 Å². The molecule has 156 valence electrons. The van der Waals surface area contributed by atoms with E-state index in [0.29, 0.717) is 0 Å². The van der Waals surface area contributed by atoms with Crippen LogP contribution in [0.1, 0.15) is 12.5 Å². The van der Waals surface area contributed by atoms with Gasteiger partial charge in [-0.1, -0.05) is 23.7 Å². The zero-order valence-corrected chi connectivity index (χ0v) is 17.8. The fourth-order valence-corrected chi connectivity index (χ4v) is 3.37. The summed E-state index contributed by atoms with van der Waals surface area (Å²) in [7, 11) is 0. The fourth-order valence-electron chi connectivity index (χ4n) is 3.25. The first-order valence-electron chi connectivity index (χ1n) is 10.3. The SMILES string of the molecule is CCNC(=NCCN1CCN(c2ncccn2)CC1)NCCc1ccc(Cl)cc1. The molecule has 3 rings (SSSR count). The first kappa shape index (κ1) is 21.3. The molecule has 1 aliphatic rings. The molecule has 29 heavy (non-hydrogen) atoms. The van der Waals surface area contributed by atoms with Crippen molar-refractivity contribution >= 4 is 23.5 Å². The summed E-state index contributed by atoms with van der Waals surface area (Å²) in [5.74, 6) is 1.70. The Morgan fingerprint density at radius 3 is 2.48 bits per heavy atom. The van der Waals surface area contributed by atoms with Crippen LogP contribution in [0, 0.1) is 0 Å². The van der Waals surface area contributed by atoms with Crippen molar-refractivity contribution in [2.75, 3.05) is 57.3 Å². The topological polar surface area (TPSA) is 68.7 Å². The van der Waals surface area contributed by atoms with E-state index >= 15 is 0 Å². The molecule has 1 fully saturated rings. The van der Waals surface area contributed by atoms with Gasteiger partial charge in [0.15, 0.2) is 5.96 Å². The first-order valence-corrected chi connectivity index (χ1v) is 10.6. The van der Waals surface area contributed by atoms with Crippen LogP contribution in [0.3, 0.4) is 0 Å². The second-order valence-corrected chi connectivity index (χ2v) is 7.38. The minimum Gasteiger partial charge on any atom is -0.357 e. The maximum absolute atomic E-state index is 5.94. The van der Waals surface area contributed by atoms with Gasteiger partial charge < -0.3 is 15.5 Å². The Hall–Kier alpha value is -2.38. The molecule has 0 aliphatic carbocycles. The molecule has 2 N–H and O–H groups in total. The number of nitrogens with one attached hydrogen (secondary N) is 2. The van der Waals surface area contributed by atoms with Crippen molar-refractivity contribution in [3.05, 3.63) is 53.3 Å². The van der Waals surface area contributed by atoms with Gasteiger partial charge in [0, 0.05) is 63.2 Å². The average Bonchev–Trinajstić information content (AvgIpc) is 2.76. The number of anilines is 1. The van der Waals surface area contributed by atoms with Crippen LogP contribution < -0.4 is 15.5 Å². The minimum atomic E-state index is 0.772. The molecule has 7 nitrogen and oxygen atoms in total. The maximum atomic E-state index is 5.94. The average molecular weight is 416 g/mol. The minimum absolute atomic E-state index is 0.772. The lowest BCUT2D eigenvalue weighted by atomic mass is 10.1. The van der Waals surface area contributed by atoms with Crippen LogP contribution in [0.25, 0.3) is 0 Å². The lowest BCUT2D eigenvalue weighted by molar-refractivity contribution is 0.263. The van der Waals surface area contributed by atoms with Gasteiger partial charge in [0.05, 0.1) is 6.54 Å². The Morgan fingerprint density at radius 2 is 1.79 bits per heavy atom. The molecule has 8 heteroatoms. The van der Waals surface area contributed by atoms with Gasteiger partial charge in [-0.25, -0.2) is 9.97 Å². The van der Waals surface area contributed by atoms with E-state index in [1.165, 1.54) is 5.56 Å². The molecular formula is C21H30ClN7. The van der Waals surface area contributed by atoms with Crippen LogP contribution in [-0.2, 0) is 6.42 Å². The van der Waals surface area contributed by atoms with E-state index in [9.17, 15) is 0 Å². The van der Waals surface area contributed by atoms with Crippen molar-refractivity contribution in [3.63, 3.8) is 0 Å². The fraction of sp³-hybridized carbons (Fsp3) is 0.476. The third-order valence-electron chi connectivity index (χ3n) is 4.86. The monoisotopic (exact) mass is 415 g/mol. The number of halogens is 1. The van der Waals surface area contributed by atoms with Crippen molar-refractivity contribution in [3.8, 4) is 0 Å². The molecule has 0 atom stereocenters. The van der Waals surface area contributed by atoms with Crippen molar-refractivity contribution < 1.29 is 0 Å². The largest absolute Gasteiger partial charge is 0.357 e. The van der Waals surface area contributed by atoms with Crippen LogP contribution in [0.5, 0.6) is 0 Å². The molecule has 0 amide bonds. The van der Waals surface area contributed by atoms with Gasteiger partial charge in [-0.05, 0) is 37.1 Å². The molecule has 0 spiro atoms. The quantitative estimate of drug-likeness (QED) is 0.508. The van der Waals surface area contributed by atoms with Gasteiger partial charge in [0.25, 0.3) is 0 Å². The highest BCUT2D eigenvalue weighted by atomic mass is 35.5. The summed E-state index contributed by atoms with van der Waals surface area (Å²) >= 11 is 5.94. The summed E-state index contributed by atoms with van der Waals surface area (Å²) in [6.45, 7) is 9.42. The van der Waals surface area contributed by atoms with Gasteiger partial charge >= 0.3 is 0 Å². The zero-order chi connectivity index (χ0) is 20.3. The summed E-state index contributed by atoms with van der Waals surface area (Å²) in [4.78, 5) is 18.1. The molecule has 0 bridgehead atoms. The van der Waals surface area contributed by atoms with Gasteiger partial charge in [-0.3, -0.25) is 9.89 Å². The molecular weight excluding hydrogens is 386 g/mol. The molecule has 2 heterocycles. The number of hydrogen-bond donors (Lipinski definition) is 2. The highest BCUT2D eigenvalue weighted by Gasteiger charge is 2.18. The van der Waals surface area contributed by atoms with Crippen LogP contribution in [-0.4, -0.2) is 73.2 Å². The van der Waals surface area contributed by atoms with Gasteiger partial charge in [-0.2, -0.15) is 0 Å². The van der Waals surface area contributed by atoms with Gasteiger partial charge in [0.2, 0.25) is 5.95 Å². The number of aromatic nitrogens is 2. The molecule has 2 aromatic rings. The van der Waals surface area contributed by atoms with E-state index in [0.717, 1.165) is 75.7 Å². The number of rotatable bonds is 8. The van der Waals surface area contributed by atoms with Crippen molar-refractivity contribution in [1.82, 2.24) is 25.5 Å². The summed E-state index contributed by atoms with van der Waals surface area (Å²) in [6.07, 6.45) is 4.53. The molecule has 0 saturated carbocycles. The molecule has 0 unspecified atom stereocenters. The van der Waals surface area contributed by atoms with Crippen LogP contribution in [0.15, 0.2) is 47.7 Å². The Labute approximate surface area is 178 Å². The summed E-state index contributed by atoms with van der Waals surface area (Å²) in [5.41, 5.74) is 1.26. The van der Waals surface area contributed by atoms with Crippen LogP contribution in [0.2, 0.25) is 5.02 Å². The number of nitrogens with zero attached hydrogens (tertiary/aromatic N) is 5. The van der Waals surface area contributed by atoms with Crippen LogP contribution in [0.4, 0.5) is 5.95 Å². The maximum Gasteiger partial charge on any atom is 0.225 e. The molecule has 1 aromatic heterocycles. The van der Waals surface area contributed by atoms with E-state index in [1.54, 1.807) is 12.4 Å². The number of piperazine rings is 1. The normalized spacial score (nSPS) is 15.4. The van der Waals surface area contributed by atoms with E-state index < -0.39 is 0 Å². The van der Waals surface area contributed by atoms with E-state index in [-0.39, 0.29) is 0 Å². The first-order chi connectivity index (χ1) is 14.2. The smallest absolute Gasteiger partial charge is 0.225 e. The van der Waals surface area contributed by atoms with Crippen molar-refractivity contribution in [2.45, 2.75) is 13.3 Å². The van der Waals surface area contributed by atoms with Gasteiger partial charge in [0.1, 0.15) is 0 Å². The number of aliphatic imine (C=N–C) groups is 1. The summed E-state index contributed by atoms with van der Waals surface area (Å²) < 4.78 is 0. The standard InChI is InChI=1S/C21H30ClN7/c1-2-23-20(24-11-8-18-4-6-19(22)7-5-18)25-12-13-28-14-16-29(17-15-28)21-26-9-3-10-27-21/h3-7,9-10H,2,8,11-17H2,1H3,(H2,23,24,25).